The van der Waals surface area contributed by atoms with Crippen LogP contribution in [0.5, 0.6) is 17.4 Å². The van der Waals surface area contributed by atoms with Crippen LogP contribution in [0.1, 0.15) is 28.2 Å². The van der Waals surface area contributed by atoms with Crippen molar-refractivity contribution in [3.63, 3.8) is 0 Å². The first kappa shape index (κ1) is 14.2. The maximum absolute atomic E-state index is 9.51. The summed E-state index contributed by atoms with van der Waals surface area (Å²) >= 11 is 0. The van der Waals surface area contributed by atoms with E-state index >= 15 is 0 Å². The van der Waals surface area contributed by atoms with E-state index < -0.39 is 0 Å². The Bertz CT molecular complexity index is 969. The van der Waals surface area contributed by atoms with Gasteiger partial charge in [-0.25, -0.2) is 0 Å². The summed E-state index contributed by atoms with van der Waals surface area (Å²) in [6.45, 7) is 0. The first-order valence-electron chi connectivity index (χ1n) is 7.46. The molecule has 0 spiro atoms. The summed E-state index contributed by atoms with van der Waals surface area (Å²) in [5, 5.41) is 9.51. The number of rotatable bonds is 2. The Morgan fingerprint density at radius 2 is 2.00 bits per heavy atom. The van der Waals surface area contributed by atoms with E-state index in [1.807, 2.05) is 48.5 Å². The van der Waals surface area contributed by atoms with E-state index in [9.17, 15) is 5.26 Å². The number of para-hydroxylation sites is 1. The SMILES string of the molecule is COc1cccc(C2c3ccccc3Oc3oc(N)c(C#N)c32)c1. The average Bonchev–Trinajstić information content (AvgIpc) is 2.94. The van der Waals surface area contributed by atoms with Crippen LogP contribution in [0, 0.1) is 11.3 Å². The van der Waals surface area contributed by atoms with Crippen molar-refractivity contribution in [3.05, 3.63) is 70.8 Å². The van der Waals surface area contributed by atoms with Crippen molar-refractivity contribution in [2.75, 3.05) is 12.8 Å². The fourth-order valence-electron chi connectivity index (χ4n) is 3.13. The van der Waals surface area contributed by atoms with E-state index in [0.29, 0.717) is 16.9 Å². The molecular weight excluding hydrogens is 304 g/mol. The van der Waals surface area contributed by atoms with Crippen LogP contribution < -0.4 is 15.2 Å². The molecule has 5 heteroatoms. The zero-order valence-electron chi connectivity index (χ0n) is 12.9. The number of hydrogen-bond acceptors (Lipinski definition) is 5. The van der Waals surface area contributed by atoms with Gasteiger partial charge in [-0.2, -0.15) is 5.26 Å². The average molecular weight is 318 g/mol. The maximum Gasteiger partial charge on any atom is 0.297 e. The Hall–Kier alpha value is -3.39. The number of fused-ring (bicyclic) bond motifs is 2. The molecule has 0 bridgehead atoms. The molecule has 24 heavy (non-hydrogen) atoms. The normalized spacial score (nSPS) is 14.9. The smallest absolute Gasteiger partial charge is 0.297 e. The van der Waals surface area contributed by atoms with Gasteiger partial charge in [0.05, 0.1) is 12.7 Å². The second-order valence-corrected chi connectivity index (χ2v) is 5.50. The maximum atomic E-state index is 9.51. The summed E-state index contributed by atoms with van der Waals surface area (Å²) in [6.07, 6.45) is 0. The molecule has 1 atom stereocenters. The van der Waals surface area contributed by atoms with Gasteiger partial charge in [0.2, 0.25) is 5.88 Å². The minimum Gasteiger partial charge on any atom is -0.497 e. The van der Waals surface area contributed by atoms with Gasteiger partial charge in [-0.1, -0.05) is 30.3 Å². The molecule has 1 unspecified atom stereocenters. The van der Waals surface area contributed by atoms with Crippen molar-refractivity contribution in [1.82, 2.24) is 0 Å². The van der Waals surface area contributed by atoms with Crippen LogP contribution in [0.4, 0.5) is 5.88 Å². The summed E-state index contributed by atoms with van der Waals surface area (Å²) < 4.78 is 16.7. The lowest BCUT2D eigenvalue weighted by Gasteiger charge is -2.25. The Morgan fingerprint density at radius 3 is 2.79 bits per heavy atom. The second-order valence-electron chi connectivity index (χ2n) is 5.50. The van der Waals surface area contributed by atoms with Gasteiger partial charge in [0.1, 0.15) is 23.1 Å². The fourth-order valence-corrected chi connectivity index (χ4v) is 3.13. The number of furan rings is 1. The summed E-state index contributed by atoms with van der Waals surface area (Å²) in [7, 11) is 1.62. The largest absolute Gasteiger partial charge is 0.497 e. The highest BCUT2D eigenvalue weighted by Crippen LogP contribution is 2.51. The topological polar surface area (TPSA) is 81.4 Å². The second kappa shape index (κ2) is 5.36. The fraction of sp³-hybridized carbons (Fsp3) is 0.105. The highest BCUT2D eigenvalue weighted by Gasteiger charge is 2.35. The lowest BCUT2D eigenvalue weighted by atomic mass is 9.82. The molecule has 1 aromatic heterocycles. The Balaban J connectivity index is 2.00. The molecule has 5 nitrogen and oxygen atoms in total. The monoisotopic (exact) mass is 318 g/mol. The minimum atomic E-state index is -0.212. The lowest BCUT2D eigenvalue weighted by molar-refractivity contribution is 0.336. The van der Waals surface area contributed by atoms with Crippen molar-refractivity contribution in [1.29, 1.82) is 5.26 Å². The van der Waals surface area contributed by atoms with E-state index in [1.54, 1.807) is 7.11 Å². The van der Waals surface area contributed by atoms with Gasteiger partial charge in [0.15, 0.2) is 0 Å². The third-order valence-electron chi connectivity index (χ3n) is 4.20. The molecule has 2 heterocycles. The van der Waals surface area contributed by atoms with Gasteiger partial charge in [-0.3, -0.25) is 0 Å². The number of nitrogen functional groups attached to an aromatic ring is 1. The van der Waals surface area contributed by atoms with Crippen LogP contribution in [0.15, 0.2) is 52.9 Å². The third-order valence-corrected chi connectivity index (χ3v) is 4.20. The molecule has 2 aromatic carbocycles. The minimum absolute atomic E-state index is 0.0724. The van der Waals surface area contributed by atoms with Crippen LogP contribution in [0.2, 0.25) is 0 Å². The van der Waals surface area contributed by atoms with E-state index in [4.69, 9.17) is 19.6 Å². The summed E-state index contributed by atoms with van der Waals surface area (Å²) in [5.74, 6) is 1.57. The van der Waals surface area contributed by atoms with Crippen LogP contribution in [-0.4, -0.2) is 7.11 Å². The molecule has 4 rings (SSSR count). The predicted octanol–water partition coefficient (Wildman–Crippen LogP) is 4.03. The van der Waals surface area contributed by atoms with Crippen molar-refractivity contribution >= 4 is 5.88 Å². The van der Waals surface area contributed by atoms with Gasteiger partial charge < -0.3 is 19.6 Å². The number of benzene rings is 2. The first-order valence-corrected chi connectivity index (χ1v) is 7.46. The number of nitrogens with zero attached hydrogens (tertiary/aromatic N) is 1. The summed E-state index contributed by atoms with van der Waals surface area (Å²) in [4.78, 5) is 0. The van der Waals surface area contributed by atoms with Gasteiger partial charge in [-0.05, 0) is 23.8 Å². The van der Waals surface area contributed by atoms with Crippen molar-refractivity contribution in [2.24, 2.45) is 0 Å². The standard InChI is InChI=1S/C19H14N2O3/c1-22-12-6-4-5-11(9-12)16-13-7-2-3-8-15(13)23-19-17(16)14(10-20)18(21)24-19/h2-9,16H,21H2,1H3. The summed E-state index contributed by atoms with van der Waals surface area (Å²) in [5.41, 5.74) is 8.77. The number of hydrogen-bond donors (Lipinski definition) is 1. The molecule has 0 saturated carbocycles. The van der Waals surface area contributed by atoms with E-state index in [1.165, 1.54) is 0 Å². The van der Waals surface area contributed by atoms with E-state index in [2.05, 4.69) is 6.07 Å². The Kier molecular flexibility index (Phi) is 3.17. The number of methoxy groups -OCH3 is 1. The molecule has 1 aliphatic rings. The third kappa shape index (κ3) is 2.01. The predicted molar refractivity (Wildman–Crippen MR) is 88.3 cm³/mol. The summed E-state index contributed by atoms with van der Waals surface area (Å²) in [6, 6.07) is 17.5. The highest BCUT2D eigenvalue weighted by atomic mass is 16.6. The van der Waals surface area contributed by atoms with Gasteiger partial charge in [-0.15, -0.1) is 0 Å². The molecule has 0 fully saturated rings. The highest BCUT2D eigenvalue weighted by molar-refractivity contribution is 5.66. The van der Waals surface area contributed by atoms with Crippen molar-refractivity contribution < 1.29 is 13.9 Å². The van der Waals surface area contributed by atoms with Crippen LogP contribution in [-0.2, 0) is 0 Å². The quantitative estimate of drug-likeness (QED) is 0.603. The number of nitriles is 1. The van der Waals surface area contributed by atoms with Crippen LogP contribution in [0.25, 0.3) is 0 Å². The number of nitrogens with two attached hydrogens (primary N) is 1. The molecular formula is C19H14N2O3. The van der Waals surface area contributed by atoms with Crippen molar-refractivity contribution in [2.45, 2.75) is 5.92 Å². The molecule has 0 amide bonds. The molecule has 2 N–H and O–H groups in total. The molecule has 0 aliphatic carbocycles. The lowest BCUT2D eigenvalue weighted by Crippen LogP contribution is -2.11. The van der Waals surface area contributed by atoms with Gasteiger partial charge >= 0.3 is 0 Å². The molecule has 1 aliphatic heterocycles. The number of ether oxygens (including phenoxy) is 2. The van der Waals surface area contributed by atoms with E-state index in [-0.39, 0.29) is 17.7 Å². The molecule has 3 aromatic rings. The van der Waals surface area contributed by atoms with E-state index in [0.717, 1.165) is 16.9 Å². The molecule has 118 valence electrons. The van der Waals surface area contributed by atoms with Gasteiger partial charge in [0.25, 0.3) is 5.95 Å². The Labute approximate surface area is 138 Å². The van der Waals surface area contributed by atoms with Crippen LogP contribution >= 0.6 is 0 Å². The Morgan fingerprint density at radius 1 is 1.17 bits per heavy atom. The number of anilines is 1. The van der Waals surface area contributed by atoms with Crippen molar-refractivity contribution in [3.8, 4) is 23.5 Å². The van der Waals surface area contributed by atoms with Crippen LogP contribution in [0.3, 0.4) is 0 Å². The molecule has 0 saturated heterocycles. The van der Waals surface area contributed by atoms with Gasteiger partial charge in [0, 0.05) is 11.5 Å². The zero-order valence-corrected chi connectivity index (χ0v) is 12.9. The molecule has 0 radical (unpaired) electrons. The first-order chi connectivity index (χ1) is 11.7. The zero-order chi connectivity index (χ0) is 16.7.